The molecule has 2 rings (SSSR count). The van der Waals surface area contributed by atoms with Crippen molar-refractivity contribution in [3.05, 3.63) is 65.7 Å². The lowest BCUT2D eigenvalue weighted by Gasteiger charge is -2.13. The fourth-order valence-electron chi connectivity index (χ4n) is 2.34. The number of hydrogen-bond acceptors (Lipinski definition) is 4. The minimum Gasteiger partial charge on any atom is -0.497 e. The van der Waals surface area contributed by atoms with E-state index >= 15 is 0 Å². The van der Waals surface area contributed by atoms with Crippen molar-refractivity contribution in [1.82, 2.24) is 0 Å². The van der Waals surface area contributed by atoms with Crippen molar-refractivity contribution >= 4 is 23.6 Å². The zero-order valence-electron chi connectivity index (χ0n) is 16.1. The van der Waals surface area contributed by atoms with E-state index in [0.717, 1.165) is 11.3 Å². The molecule has 0 saturated carbocycles. The molecule has 2 aromatic rings. The number of anilines is 1. The van der Waals surface area contributed by atoms with Crippen molar-refractivity contribution in [3.63, 3.8) is 0 Å². The summed E-state index contributed by atoms with van der Waals surface area (Å²) in [5.41, 5.74) is 2.69. The Morgan fingerprint density at radius 1 is 0.963 bits per heavy atom. The smallest absolute Gasteiger partial charge is 0.331 e. The summed E-state index contributed by atoms with van der Waals surface area (Å²) in [5, 5.41) is 2.75. The number of hydrogen-bond donors (Lipinski definition) is 1. The molecule has 0 aliphatic heterocycles. The number of ether oxygens (including phenoxy) is 2. The fraction of sp³-hybridized carbons (Fsp3) is 0.273. The number of esters is 1. The SMILES string of the molecule is COc1ccc(/C=C/C(=O)O[C@@H](C)C(=O)Nc2ccc(C(C)C)cc2)cc1. The van der Waals surface area contributed by atoms with E-state index in [0.29, 0.717) is 11.6 Å². The van der Waals surface area contributed by atoms with Crippen molar-refractivity contribution in [2.24, 2.45) is 0 Å². The van der Waals surface area contributed by atoms with Gasteiger partial charge in [0.05, 0.1) is 7.11 Å². The van der Waals surface area contributed by atoms with E-state index in [9.17, 15) is 9.59 Å². The van der Waals surface area contributed by atoms with Crippen LogP contribution in [0.2, 0.25) is 0 Å². The van der Waals surface area contributed by atoms with E-state index in [1.54, 1.807) is 25.3 Å². The Bertz CT molecular complexity index is 792. The number of rotatable bonds is 7. The van der Waals surface area contributed by atoms with Crippen LogP contribution < -0.4 is 10.1 Å². The second kappa shape index (κ2) is 9.57. The molecule has 0 spiro atoms. The minimum absolute atomic E-state index is 0.376. The molecule has 0 fully saturated rings. The van der Waals surface area contributed by atoms with Gasteiger partial charge in [-0.15, -0.1) is 0 Å². The quantitative estimate of drug-likeness (QED) is 0.582. The summed E-state index contributed by atoms with van der Waals surface area (Å²) in [6, 6.07) is 14.8. The normalized spacial score (nSPS) is 12.0. The van der Waals surface area contributed by atoms with E-state index in [1.807, 2.05) is 36.4 Å². The molecule has 0 bridgehead atoms. The number of methoxy groups -OCH3 is 1. The third-order valence-corrected chi connectivity index (χ3v) is 4.03. The molecule has 0 heterocycles. The number of nitrogens with one attached hydrogen (secondary N) is 1. The molecule has 0 aromatic heterocycles. The van der Waals surface area contributed by atoms with Crippen LogP contribution >= 0.6 is 0 Å². The van der Waals surface area contributed by atoms with Gasteiger partial charge in [0.2, 0.25) is 0 Å². The maximum absolute atomic E-state index is 12.2. The third-order valence-electron chi connectivity index (χ3n) is 4.03. The minimum atomic E-state index is -0.900. The fourth-order valence-corrected chi connectivity index (χ4v) is 2.34. The Morgan fingerprint density at radius 2 is 1.59 bits per heavy atom. The number of carbonyl (C=O) groups excluding carboxylic acids is 2. The lowest BCUT2D eigenvalue weighted by molar-refractivity contribution is -0.148. The predicted molar refractivity (Wildman–Crippen MR) is 107 cm³/mol. The van der Waals surface area contributed by atoms with Crippen molar-refractivity contribution in [2.75, 3.05) is 12.4 Å². The highest BCUT2D eigenvalue weighted by Crippen LogP contribution is 2.17. The van der Waals surface area contributed by atoms with Crippen molar-refractivity contribution in [2.45, 2.75) is 32.8 Å². The number of carbonyl (C=O) groups is 2. The second-order valence-corrected chi connectivity index (χ2v) is 6.45. The van der Waals surface area contributed by atoms with Crippen LogP contribution in [0.3, 0.4) is 0 Å². The molecule has 0 radical (unpaired) electrons. The van der Waals surface area contributed by atoms with Gasteiger partial charge in [-0.05, 0) is 54.3 Å². The standard InChI is InChI=1S/C22H25NO4/c1-15(2)18-8-10-19(11-9-18)23-22(25)16(3)27-21(24)14-7-17-5-12-20(26-4)13-6-17/h5-16H,1-4H3,(H,23,25)/b14-7+/t16-/m0/s1. The molecule has 5 nitrogen and oxygen atoms in total. The molecule has 27 heavy (non-hydrogen) atoms. The largest absolute Gasteiger partial charge is 0.497 e. The average Bonchev–Trinajstić information content (AvgIpc) is 2.67. The zero-order valence-corrected chi connectivity index (χ0v) is 16.1. The molecule has 1 amide bonds. The Kier molecular flexibility index (Phi) is 7.17. The highest BCUT2D eigenvalue weighted by Gasteiger charge is 2.16. The van der Waals surface area contributed by atoms with Gasteiger partial charge < -0.3 is 14.8 Å². The van der Waals surface area contributed by atoms with Crippen LogP contribution in [0.15, 0.2) is 54.6 Å². The highest BCUT2D eigenvalue weighted by molar-refractivity contribution is 5.96. The van der Waals surface area contributed by atoms with Crippen LogP contribution in [-0.4, -0.2) is 25.1 Å². The summed E-state index contributed by atoms with van der Waals surface area (Å²) in [7, 11) is 1.59. The van der Waals surface area contributed by atoms with Gasteiger partial charge in [0.1, 0.15) is 5.75 Å². The lowest BCUT2D eigenvalue weighted by atomic mass is 10.0. The summed E-state index contributed by atoms with van der Waals surface area (Å²) >= 11 is 0. The Balaban J connectivity index is 1.86. The first-order valence-electron chi connectivity index (χ1n) is 8.82. The summed E-state index contributed by atoms with van der Waals surface area (Å²) in [6.45, 7) is 5.75. The summed E-state index contributed by atoms with van der Waals surface area (Å²) in [6.07, 6.45) is 2.02. The van der Waals surface area contributed by atoms with Gasteiger partial charge in [-0.2, -0.15) is 0 Å². The van der Waals surface area contributed by atoms with Crippen LogP contribution in [-0.2, 0) is 14.3 Å². The van der Waals surface area contributed by atoms with Crippen molar-refractivity contribution in [1.29, 1.82) is 0 Å². The molecular weight excluding hydrogens is 342 g/mol. The van der Waals surface area contributed by atoms with Crippen LogP contribution in [0, 0.1) is 0 Å². The second-order valence-electron chi connectivity index (χ2n) is 6.45. The monoisotopic (exact) mass is 367 g/mol. The topological polar surface area (TPSA) is 64.6 Å². The summed E-state index contributed by atoms with van der Waals surface area (Å²) < 4.78 is 10.2. The van der Waals surface area contributed by atoms with E-state index in [1.165, 1.54) is 18.6 Å². The van der Waals surface area contributed by atoms with Crippen LogP contribution in [0.25, 0.3) is 6.08 Å². The zero-order chi connectivity index (χ0) is 19.8. The first kappa shape index (κ1) is 20.2. The predicted octanol–water partition coefficient (Wildman–Crippen LogP) is 4.40. The molecule has 0 unspecified atom stereocenters. The Morgan fingerprint density at radius 3 is 2.15 bits per heavy atom. The van der Waals surface area contributed by atoms with Gasteiger partial charge in [0.25, 0.3) is 5.91 Å². The van der Waals surface area contributed by atoms with Gasteiger partial charge in [-0.25, -0.2) is 4.79 Å². The van der Waals surface area contributed by atoms with E-state index in [2.05, 4.69) is 19.2 Å². The number of benzene rings is 2. The molecule has 5 heteroatoms. The van der Waals surface area contributed by atoms with Gasteiger partial charge in [0, 0.05) is 11.8 Å². The van der Waals surface area contributed by atoms with E-state index in [-0.39, 0.29) is 5.91 Å². The third kappa shape index (κ3) is 6.29. The summed E-state index contributed by atoms with van der Waals surface area (Å²) in [4.78, 5) is 24.1. The van der Waals surface area contributed by atoms with E-state index in [4.69, 9.17) is 9.47 Å². The van der Waals surface area contributed by atoms with Gasteiger partial charge in [-0.3, -0.25) is 4.79 Å². The van der Waals surface area contributed by atoms with E-state index < -0.39 is 12.1 Å². The first-order valence-corrected chi connectivity index (χ1v) is 8.82. The highest BCUT2D eigenvalue weighted by atomic mass is 16.5. The van der Waals surface area contributed by atoms with Crippen LogP contribution in [0.4, 0.5) is 5.69 Å². The van der Waals surface area contributed by atoms with Crippen LogP contribution in [0.5, 0.6) is 5.75 Å². The number of amides is 1. The van der Waals surface area contributed by atoms with Gasteiger partial charge in [-0.1, -0.05) is 38.1 Å². The van der Waals surface area contributed by atoms with Gasteiger partial charge >= 0.3 is 5.97 Å². The molecule has 2 aromatic carbocycles. The molecule has 0 saturated heterocycles. The first-order chi connectivity index (χ1) is 12.9. The molecule has 1 N–H and O–H groups in total. The molecule has 0 aliphatic rings. The molecule has 142 valence electrons. The summed E-state index contributed by atoms with van der Waals surface area (Å²) in [5.74, 6) is 0.204. The van der Waals surface area contributed by atoms with Crippen LogP contribution in [0.1, 0.15) is 37.8 Å². The maximum atomic E-state index is 12.2. The Hall–Kier alpha value is -3.08. The molecule has 0 aliphatic carbocycles. The molecular formula is C22H25NO4. The average molecular weight is 367 g/mol. The van der Waals surface area contributed by atoms with Crippen molar-refractivity contribution < 1.29 is 19.1 Å². The maximum Gasteiger partial charge on any atom is 0.331 e. The van der Waals surface area contributed by atoms with Crippen molar-refractivity contribution in [3.8, 4) is 5.75 Å². The lowest BCUT2D eigenvalue weighted by Crippen LogP contribution is -2.29. The molecule has 1 atom stereocenters. The Labute approximate surface area is 160 Å². The van der Waals surface area contributed by atoms with Gasteiger partial charge in [0.15, 0.2) is 6.10 Å².